The largest absolute Gasteiger partial charge is 0.379 e. The smallest absolute Gasteiger partial charge is 0.266 e. The molecule has 3 aliphatic rings. The van der Waals surface area contributed by atoms with Crippen LogP contribution >= 0.6 is 24.0 Å². The number of nitrogens with zero attached hydrogens (tertiary/aromatic N) is 4. The van der Waals surface area contributed by atoms with Crippen molar-refractivity contribution in [1.29, 1.82) is 0 Å². The van der Waals surface area contributed by atoms with E-state index in [1.807, 2.05) is 48.7 Å². The normalized spacial score (nSPS) is 20.5. The lowest BCUT2D eigenvalue weighted by Crippen LogP contribution is -2.40. The number of benzene rings is 2. The van der Waals surface area contributed by atoms with Gasteiger partial charge in [0.1, 0.15) is 10.0 Å². The lowest BCUT2D eigenvalue weighted by molar-refractivity contribution is -0.124. The van der Waals surface area contributed by atoms with Gasteiger partial charge in [-0.25, -0.2) is 13.1 Å². The van der Waals surface area contributed by atoms with Crippen LogP contribution in [0.2, 0.25) is 0 Å². The van der Waals surface area contributed by atoms with Crippen molar-refractivity contribution in [1.82, 2.24) is 19.0 Å². The Morgan fingerprint density at radius 1 is 1.00 bits per heavy atom. The standard InChI is InChI=1S/C29H30N4O4S3/c34-28-26(39-29(38)33(28)24-11-5-2-6-12-24)19-22-20-32(23-9-3-1-4-10-23)30-27(22)21-8-7-13-25(18-21)40(35,36)31-14-16-37-17-15-31/h1,3-4,7-10,13,18-20,24H,2,5-6,11-12,14-17H2/b26-19-. The van der Waals surface area contributed by atoms with Crippen LogP contribution in [0.3, 0.4) is 0 Å². The zero-order valence-corrected chi connectivity index (χ0v) is 24.4. The summed E-state index contributed by atoms with van der Waals surface area (Å²) in [7, 11) is -3.69. The first-order valence-corrected chi connectivity index (χ1v) is 16.2. The third kappa shape index (κ3) is 5.40. The molecule has 0 N–H and O–H groups in total. The molecule has 8 nitrogen and oxygen atoms in total. The van der Waals surface area contributed by atoms with Crippen molar-refractivity contribution in [2.45, 2.75) is 43.0 Å². The topological polar surface area (TPSA) is 84.7 Å². The highest BCUT2D eigenvalue weighted by molar-refractivity contribution is 8.26. The molecule has 0 unspecified atom stereocenters. The summed E-state index contributed by atoms with van der Waals surface area (Å²) in [5.41, 5.74) is 2.81. The molecule has 3 fully saturated rings. The minimum absolute atomic E-state index is 0.0658. The summed E-state index contributed by atoms with van der Waals surface area (Å²) in [6.07, 6.45) is 9.08. The van der Waals surface area contributed by atoms with Crippen LogP contribution in [0.25, 0.3) is 23.0 Å². The molecule has 2 aromatic carbocycles. The zero-order chi connectivity index (χ0) is 27.7. The highest BCUT2D eigenvalue weighted by Gasteiger charge is 2.37. The first kappa shape index (κ1) is 27.3. The Bertz CT molecular complexity index is 1560. The fraction of sp³-hybridized carbons (Fsp3) is 0.345. The van der Waals surface area contributed by atoms with E-state index in [0.29, 0.717) is 52.3 Å². The minimum Gasteiger partial charge on any atom is -0.379 e. The molecule has 11 heteroatoms. The Morgan fingerprint density at radius 3 is 2.50 bits per heavy atom. The van der Waals surface area contributed by atoms with Gasteiger partial charge in [-0.2, -0.15) is 9.40 Å². The van der Waals surface area contributed by atoms with E-state index >= 15 is 0 Å². The predicted molar refractivity (Wildman–Crippen MR) is 160 cm³/mol. The lowest BCUT2D eigenvalue weighted by atomic mass is 9.94. The number of carbonyl (C=O) groups is 1. The van der Waals surface area contributed by atoms with Crippen LogP contribution in [0, 0.1) is 0 Å². The summed E-state index contributed by atoms with van der Waals surface area (Å²) >= 11 is 6.97. The fourth-order valence-electron chi connectivity index (χ4n) is 5.45. The Kier molecular flexibility index (Phi) is 7.91. The Balaban J connectivity index is 1.39. The van der Waals surface area contributed by atoms with Crippen LogP contribution in [0.4, 0.5) is 0 Å². The number of ether oxygens (including phenoxy) is 1. The van der Waals surface area contributed by atoms with Crippen molar-refractivity contribution in [3.63, 3.8) is 0 Å². The van der Waals surface area contributed by atoms with Gasteiger partial charge in [-0.3, -0.25) is 9.69 Å². The number of hydrogen-bond acceptors (Lipinski definition) is 7. The highest BCUT2D eigenvalue weighted by Crippen LogP contribution is 2.38. The molecule has 0 bridgehead atoms. The van der Waals surface area contributed by atoms with E-state index < -0.39 is 10.0 Å². The maximum absolute atomic E-state index is 13.5. The zero-order valence-electron chi connectivity index (χ0n) is 21.9. The van der Waals surface area contributed by atoms with Crippen molar-refractivity contribution >= 4 is 50.3 Å². The number of hydrogen-bond donors (Lipinski definition) is 0. The van der Waals surface area contributed by atoms with Gasteiger partial charge in [0.15, 0.2) is 0 Å². The van der Waals surface area contributed by atoms with Crippen molar-refractivity contribution < 1.29 is 17.9 Å². The van der Waals surface area contributed by atoms with Gasteiger partial charge >= 0.3 is 0 Å². The number of amides is 1. The monoisotopic (exact) mass is 594 g/mol. The summed E-state index contributed by atoms with van der Waals surface area (Å²) in [6, 6.07) is 16.7. The molecular weight excluding hydrogens is 565 g/mol. The summed E-state index contributed by atoms with van der Waals surface area (Å²) in [4.78, 5) is 16.1. The average molecular weight is 595 g/mol. The Hall–Kier alpha value is -2.83. The van der Waals surface area contributed by atoms with Gasteiger partial charge in [-0.1, -0.05) is 73.6 Å². The fourth-order valence-corrected chi connectivity index (χ4v) is 8.29. The summed E-state index contributed by atoms with van der Waals surface area (Å²) < 4.78 is 35.9. The van der Waals surface area contributed by atoms with Crippen molar-refractivity contribution in [3.05, 3.63) is 71.3 Å². The third-order valence-electron chi connectivity index (χ3n) is 7.53. The maximum atomic E-state index is 13.5. The highest BCUT2D eigenvalue weighted by atomic mass is 32.2. The van der Waals surface area contributed by atoms with E-state index in [1.165, 1.54) is 22.5 Å². The van der Waals surface area contributed by atoms with Crippen molar-refractivity contribution in [3.8, 4) is 16.9 Å². The molecule has 1 aromatic heterocycles. The van der Waals surface area contributed by atoms with Gasteiger partial charge in [0.2, 0.25) is 10.0 Å². The van der Waals surface area contributed by atoms with Crippen LogP contribution in [-0.2, 0) is 19.6 Å². The van der Waals surface area contributed by atoms with Gasteiger partial charge in [0.25, 0.3) is 5.91 Å². The van der Waals surface area contributed by atoms with Crippen LogP contribution in [0.15, 0.2) is 70.6 Å². The van der Waals surface area contributed by atoms with Gasteiger partial charge in [0, 0.05) is 36.5 Å². The second-order valence-corrected chi connectivity index (χ2v) is 13.7. The van der Waals surface area contributed by atoms with Crippen molar-refractivity contribution in [2.75, 3.05) is 26.3 Å². The van der Waals surface area contributed by atoms with Crippen LogP contribution in [0.1, 0.15) is 37.7 Å². The summed E-state index contributed by atoms with van der Waals surface area (Å²) in [6.45, 7) is 1.40. The van der Waals surface area contributed by atoms with E-state index in [1.54, 1.807) is 27.8 Å². The molecule has 0 radical (unpaired) electrons. The number of thiocarbonyl (C=S) groups is 1. The molecule has 2 aliphatic heterocycles. The first-order valence-electron chi connectivity index (χ1n) is 13.5. The molecule has 3 aromatic rings. The van der Waals surface area contributed by atoms with E-state index in [4.69, 9.17) is 22.1 Å². The molecule has 3 heterocycles. The lowest BCUT2D eigenvalue weighted by Gasteiger charge is -2.29. The molecule has 1 amide bonds. The molecule has 6 rings (SSSR count). The molecule has 208 valence electrons. The molecule has 0 spiro atoms. The number of sulfonamides is 1. The SMILES string of the molecule is O=C1/C(=C/c2cn(-c3ccccc3)nc2-c2cccc(S(=O)(=O)N3CCOCC3)c2)SC(=S)N1C1CCCCC1. The third-order valence-corrected chi connectivity index (χ3v) is 10.8. The van der Waals surface area contributed by atoms with Crippen LogP contribution < -0.4 is 0 Å². The van der Waals surface area contributed by atoms with Crippen molar-refractivity contribution in [2.24, 2.45) is 0 Å². The minimum atomic E-state index is -3.69. The van der Waals surface area contributed by atoms with Gasteiger partial charge < -0.3 is 4.74 Å². The number of para-hydroxylation sites is 1. The van der Waals surface area contributed by atoms with E-state index in [0.717, 1.165) is 31.4 Å². The quantitative estimate of drug-likeness (QED) is 0.290. The number of thioether (sulfide) groups is 1. The Labute approximate surface area is 244 Å². The number of aromatic nitrogens is 2. The van der Waals surface area contributed by atoms with E-state index in [2.05, 4.69) is 0 Å². The average Bonchev–Trinajstić information content (AvgIpc) is 3.54. The molecule has 2 saturated heterocycles. The molecular formula is C29H30N4O4S3. The second-order valence-electron chi connectivity index (χ2n) is 10.1. The van der Waals surface area contributed by atoms with E-state index in [-0.39, 0.29) is 16.8 Å². The molecule has 1 aliphatic carbocycles. The molecule has 0 atom stereocenters. The summed E-state index contributed by atoms with van der Waals surface area (Å²) in [5, 5.41) is 4.86. The van der Waals surface area contributed by atoms with E-state index in [9.17, 15) is 13.2 Å². The maximum Gasteiger partial charge on any atom is 0.266 e. The number of rotatable bonds is 6. The molecule has 40 heavy (non-hydrogen) atoms. The second kappa shape index (κ2) is 11.6. The van der Waals surface area contributed by atoms with Gasteiger partial charge in [-0.15, -0.1) is 0 Å². The van der Waals surface area contributed by atoms with Gasteiger partial charge in [-0.05, 0) is 43.2 Å². The summed E-state index contributed by atoms with van der Waals surface area (Å²) in [5.74, 6) is -0.0658. The number of carbonyl (C=O) groups excluding carboxylic acids is 1. The van der Waals surface area contributed by atoms with Crippen LogP contribution in [-0.4, -0.2) is 70.0 Å². The molecule has 1 saturated carbocycles. The predicted octanol–water partition coefficient (Wildman–Crippen LogP) is 5.09. The van der Waals surface area contributed by atoms with Gasteiger partial charge in [0.05, 0.1) is 28.7 Å². The Morgan fingerprint density at radius 2 is 1.75 bits per heavy atom. The first-order chi connectivity index (χ1) is 19.4. The van der Waals surface area contributed by atoms with Crippen LogP contribution in [0.5, 0.6) is 0 Å². The number of morpholine rings is 1.